The third-order valence-corrected chi connectivity index (χ3v) is 3.13. The second-order valence-corrected chi connectivity index (χ2v) is 6.35. The lowest BCUT2D eigenvalue weighted by molar-refractivity contribution is -0.511. The second kappa shape index (κ2) is 10.7. The van der Waals surface area contributed by atoms with E-state index in [1.165, 1.54) is 68.8 Å². The van der Waals surface area contributed by atoms with Crippen molar-refractivity contribution < 1.29 is 4.58 Å². The summed E-state index contributed by atoms with van der Waals surface area (Å²) in [6, 6.07) is 0. The largest absolute Gasteiger partial charge is 0.266 e. The van der Waals surface area contributed by atoms with E-state index in [0.29, 0.717) is 0 Å². The fraction of sp³-hybridized carbons (Fsp3) is 0.722. The second-order valence-electron chi connectivity index (χ2n) is 6.35. The van der Waals surface area contributed by atoms with E-state index in [4.69, 9.17) is 0 Å². The van der Waals surface area contributed by atoms with Crippen LogP contribution >= 0.6 is 0 Å². The molecule has 0 aromatic rings. The van der Waals surface area contributed by atoms with Gasteiger partial charge in [0, 0.05) is 6.92 Å². The van der Waals surface area contributed by atoms with Gasteiger partial charge in [-0.3, -0.25) is 9.48 Å². The summed E-state index contributed by atoms with van der Waals surface area (Å²) in [7, 11) is 0. The van der Waals surface area contributed by atoms with Crippen molar-refractivity contribution in [1.29, 1.82) is 0 Å². The molecule has 0 N–H and O–H groups in total. The van der Waals surface area contributed by atoms with E-state index in [2.05, 4.69) is 29.6 Å². The quantitative estimate of drug-likeness (QED) is 0.360. The van der Waals surface area contributed by atoms with Crippen molar-refractivity contribution in [1.82, 2.24) is 4.90 Å². The Bertz CT molecular complexity index is 305. The standard InChI is InChI=1S/C10H19N2.2C4H8/c1-10(11-6-2-3-7-11)12-8-4-5-9-12;2*1-4(2)3/h2-9H2,1H3;2*1H2,2-3H3/q+1;;. The molecule has 20 heavy (non-hydrogen) atoms. The molecule has 2 aliphatic heterocycles. The van der Waals surface area contributed by atoms with Crippen LogP contribution in [-0.4, -0.2) is 41.5 Å². The van der Waals surface area contributed by atoms with Crippen LogP contribution < -0.4 is 0 Å². The lowest BCUT2D eigenvalue weighted by atomic mass is 10.4. The van der Waals surface area contributed by atoms with Crippen LogP contribution in [0.5, 0.6) is 0 Å². The first kappa shape index (κ1) is 18.9. The zero-order valence-corrected chi connectivity index (χ0v) is 14.5. The van der Waals surface area contributed by atoms with Crippen LogP contribution in [0, 0.1) is 0 Å². The summed E-state index contributed by atoms with van der Waals surface area (Å²) in [6.45, 7) is 22.5. The Morgan fingerprint density at radius 3 is 1.45 bits per heavy atom. The molecule has 0 atom stereocenters. The van der Waals surface area contributed by atoms with Crippen molar-refractivity contribution in [2.45, 2.75) is 60.3 Å². The smallest absolute Gasteiger partial charge is 0.243 e. The van der Waals surface area contributed by atoms with Gasteiger partial charge in [0.15, 0.2) is 0 Å². The van der Waals surface area contributed by atoms with Crippen molar-refractivity contribution in [2.75, 3.05) is 26.2 Å². The van der Waals surface area contributed by atoms with Gasteiger partial charge in [-0.15, -0.1) is 13.2 Å². The van der Waals surface area contributed by atoms with Crippen LogP contribution in [-0.2, 0) is 0 Å². The number of hydrogen-bond donors (Lipinski definition) is 0. The molecule has 0 aromatic carbocycles. The maximum Gasteiger partial charge on any atom is 0.243 e. The fourth-order valence-corrected chi connectivity index (χ4v) is 2.28. The van der Waals surface area contributed by atoms with Crippen LogP contribution in [0.1, 0.15) is 60.3 Å². The van der Waals surface area contributed by atoms with Crippen molar-refractivity contribution >= 4 is 5.84 Å². The average molecular weight is 279 g/mol. The first-order chi connectivity index (χ1) is 9.34. The van der Waals surface area contributed by atoms with Gasteiger partial charge in [-0.1, -0.05) is 11.1 Å². The summed E-state index contributed by atoms with van der Waals surface area (Å²) in [4.78, 5) is 2.55. The van der Waals surface area contributed by atoms with Crippen LogP contribution in [0.25, 0.3) is 0 Å². The van der Waals surface area contributed by atoms with E-state index in [9.17, 15) is 0 Å². The highest BCUT2D eigenvalue weighted by Gasteiger charge is 2.23. The van der Waals surface area contributed by atoms with Gasteiger partial charge in [0.1, 0.15) is 0 Å². The molecule has 0 aliphatic carbocycles. The first-order valence-corrected chi connectivity index (χ1v) is 7.92. The molecule has 2 nitrogen and oxygen atoms in total. The van der Waals surface area contributed by atoms with Gasteiger partial charge in [0.05, 0.1) is 26.2 Å². The highest BCUT2D eigenvalue weighted by molar-refractivity contribution is 5.74. The molecule has 0 radical (unpaired) electrons. The Morgan fingerprint density at radius 2 is 1.10 bits per heavy atom. The number of hydrogen-bond acceptors (Lipinski definition) is 0. The van der Waals surface area contributed by atoms with Crippen LogP contribution in [0.2, 0.25) is 0 Å². The van der Waals surface area contributed by atoms with Crippen LogP contribution in [0.3, 0.4) is 0 Å². The highest BCUT2D eigenvalue weighted by atomic mass is 15.2. The number of likely N-dealkylation sites (tertiary alicyclic amines) is 1. The van der Waals surface area contributed by atoms with Gasteiger partial charge in [-0.2, -0.15) is 0 Å². The zero-order chi connectivity index (χ0) is 15.5. The van der Waals surface area contributed by atoms with E-state index in [1.807, 2.05) is 27.7 Å². The SMILES string of the molecule is C=C(C)C.C=C(C)C.CC(N1CCCC1)=[N+]1CCCC1. The number of nitrogens with zero attached hydrogens (tertiary/aromatic N) is 2. The van der Waals surface area contributed by atoms with Gasteiger partial charge >= 0.3 is 0 Å². The maximum absolute atomic E-state index is 3.56. The summed E-state index contributed by atoms with van der Waals surface area (Å²) in [5.41, 5.74) is 2.33. The number of amidine groups is 1. The Kier molecular flexibility index (Phi) is 10.1. The molecule has 0 saturated carbocycles. The lowest BCUT2D eigenvalue weighted by Gasteiger charge is -2.12. The molecule has 2 heteroatoms. The Balaban J connectivity index is 0.000000380. The minimum Gasteiger partial charge on any atom is -0.266 e. The third kappa shape index (κ3) is 9.82. The number of allylic oxidation sites excluding steroid dienone is 2. The molecule has 2 heterocycles. The maximum atomic E-state index is 3.56. The van der Waals surface area contributed by atoms with Crippen LogP contribution in [0.4, 0.5) is 0 Å². The molecule has 2 aliphatic rings. The third-order valence-electron chi connectivity index (χ3n) is 3.13. The predicted molar refractivity (Wildman–Crippen MR) is 91.7 cm³/mol. The molecule has 0 bridgehead atoms. The van der Waals surface area contributed by atoms with Gasteiger partial charge in [0.25, 0.3) is 0 Å². The molecule has 2 saturated heterocycles. The lowest BCUT2D eigenvalue weighted by Crippen LogP contribution is -2.33. The summed E-state index contributed by atoms with van der Waals surface area (Å²) in [5, 5.41) is 0. The van der Waals surface area contributed by atoms with Crippen LogP contribution in [0.15, 0.2) is 24.3 Å². The van der Waals surface area contributed by atoms with E-state index < -0.39 is 0 Å². The molecular weight excluding hydrogens is 244 g/mol. The van der Waals surface area contributed by atoms with Crippen molar-refractivity contribution in [3.05, 3.63) is 24.3 Å². The summed E-state index contributed by atoms with van der Waals surface area (Å²) in [6.07, 6.45) is 5.58. The minimum atomic E-state index is 1.17. The Labute approximate surface area is 126 Å². The molecule has 0 amide bonds. The Morgan fingerprint density at radius 1 is 0.750 bits per heavy atom. The van der Waals surface area contributed by atoms with Crippen molar-refractivity contribution in [2.24, 2.45) is 0 Å². The molecule has 116 valence electrons. The fourth-order valence-electron chi connectivity index (χ4n) is 2.28. The monoisotopic (exact) mass is 279 g/mol. The normalized spacial score (nSPS) is 16.9. The molecule has 0 aromatic heterocycles. The van der Waals surface area contributed by atoms with Crippen molar-refractivity contribution in [3.63, 3.8) is 0 Å². The summed E-state index contributed by atoms with van der Waals surface area (Å²) in [5.74, 6) is 1.53. The van der Waals surface area contributed by atoms with E-state index >= 15 is 0 Å². The van der Waals surface area contributed by atoms with Gasteiger partial charge in [0.2, 0.25) is 5.84 Å². The topological polar surface area (TPSA) is 6.25 Å². The van der Waals surface area contributed by atoms with Crippen molar-refractivity contribution in [3.8, 4) is 0 Å². The molecule has 2 rings (SSSR count). The van der Waals surface area contributed by atoms with E-state index in [-0.39, 0.29) is 0 Å². The summed E-state index contributed by atoms with van der Waals surface area (Å²) < 4.78 is 2.55. The predicted octanol–water partition coefficient (Wildman–Crippen LogP) is 4.47. The molecule has 0 unspecified atom stereocenters. The molecular formula is C18H35N2+. The zero-order valence-electron chi connectivity index (χ0n) is 14.5. The Hall–Kier alpha value is -1.05. The van der Waals surface area contributed by atoms with E-state index in [0.717, 1.165) is 0 Å². The van der Waals surface area contributed by atoms with E-state index in [1.54, 1.807) is 0 Å². The van der Waals surface area contributed by atoms with Gasteiger partial charge in [-0.25, -0.2) is 0 Å². The first-order valence-electron chi connectivity index (χ1n) is 7.92. The molecule has 2 fully saturated rings. The average Bonchev–Trinajstić information content (AvgIpc) is 3.01. The minimum absolute atomic E-state index is 1.17. The molecule has 0 spiro atoms. The number of rotatable bonds is 0. The van der Waals surface area contributed by atoms with Gasteiger partial charge in [-0.05, 0) is 53.4 Å². The highest BCUT2D eigenvalue weighted by Crippen LogP contribution is 2.10. The summed E-state index contributed by atoms with van der Waals surface area (Å²) >= 11 is 0. The van der Waals surface area contributed by atoms with Gasteiger partial charge < -0.3 is 0 Å².